The molecule has 0 unspecified atom stereocenters. The van der Waals surface area contributed by atoms with Crippen molar-refractivity contribution in [1.29, 1.82) is 0 Å². The van der Waals surface area contributed by atoms with E-state index in [4.69, 9.17) is 5.73 Å². The third kappa shape index (κ3) is 3.84. The number of amides is 1. The van der Waals surface area contributed by atoms with Crippen LogP contribution in [-0.2, 0) is 6.54 Å². The van der Waals surface area contributed by atoms with Gasteiger partial charge in [0.2, 0.25) is 0 Å². The zero-order valence-electron chi connectivity index (χ0n) is 10.9. The predicted molar refractivity (Wildman–Crippen MR) is 88.5 cm³/mol. The highest BCUT2D eigenvalue weighted by atomic mass is 79.9. The van der Waals surface area contributed by atoms with Crippen LogP contribution in [-0.4, -0.2) is 17.9 Å². The van der Waals surface area contributed by atoms with Crippen molar-refractivity contribution in [2.24, 2.45) is 0 Å². The van der Waals surface area contributed by atoms with Crippen molar-refractivity contribution in [3.63, 3.8) is 0 Å². The maximum absolute atomic E-state index is 12.4. The molecule has 0 bridgehead atoms. The highest BCUT2D eigenvalue weighted by Gasteiger charge is 2.13. The minimum absolute atomic E-state index is 0.0329. The van der Waals surface area contributed by atoms with Crippen LogP contribution in [0.2, 0.25) is 0 Å². The Morgan fingerprint density at radius 3 is 2.40 bits per heavy atom. The van der Waals surface area contributed by atoms with Gasteiger partial charge in [-0.05, 0) is 35.9 Å². The third-order valence-electron chi connectivity index (χ3n) is 2.83. The Morgan fingerprint density at radius 1 is 1.15 bits per heavy atom. The van der Waals surface area contributed by atoms with Crippen LogP contribution < -0.4 is 5.73 Å². The summed E-state index contributed by atoms with van der Waals surface area (Å²) in [5.74, 6) is -0.0329. The Labute approximate surface area is 135 Å². The molecule has 0 aliphatic heterocycles. The molecule has 0 aromatic heterocycles. The van der Waals surface area contributed by atoms with Gasteiger partial charge in [0, 0.05) is 33.8 Å². The molecule has 1 amide bonds. The molecular weight excluding hydrogens is 384 g/mol. The fourth-order valence-corrected chi connectivity index (χ4v) is 3.23. The molecule has 0 heterocycles. The molecule has 2 rings (SSSR count). The van der Waals surface area contributed by atoms with Crippen LogP contribution in [0.15, 0.2) is 51.4 Å². The number of nitrogen functional groups attached to an aromatic ring is 1. The van der Waals surface area contributed by atoms with Crippen molar-refractivity contribution < 1.29 is 4.79 Å². The quantitative estimate of drug-likeness (QED) is 0.793. The Hall–Kier alpha value is -1.33. The number of nitrogens with zero attached hydrogens (tertiary/aromatic N) is 1. The second kappa shape index (κ2) is 6.41. The van der Waals surface area contributed by atoms with Gasteiger partial charge in [0.25, 0.3) is 5.91 Å². The molecule has 104 valence electrons. The molecule has 2 aromatic rings. The lowest BCUT2D eigenvalue weighted by molar-refractivity contribution is 0.0785. The topological polar surface area (TPSA) is 46.3 Å². The number of carbonyl (C=O) groups excluding carboxylic acids is 1. The van der Waals surface area contributed by atoms with Crippen LogP contribution >= 0.6 is 31.9 Å². The van der Waals surface area contributed by atoms with Gasteiger partial charge in [0.15, 0.2) is 0 Å². The minimum atomic E-state index is -0.0329. The largest absolute Gasteiger partial charge is 0.399 e. The lowest BCUT2D eigenvalue weighted by Crippen LogP contribution is -2.26. The molecule has 2 aromatic carbocycles. The maximum atomic E-state index is 12.4. The van der Waals surface area contributed by atoms with E-state index in [1.165, 1.54) is 0 Å². The molecule has 0 aliphatic carbocycles. The first-order valence-electron chi connectivity index (χ1n) is 6.01. The Balaban J connectivity index is 2.16. The summed E-state index contributed by atoms with van der Waals surface area (Å²) in [6, 6.07) is 13.1. The van der Waals surface area contributed by atoms with Gasteiger partial charge >= 0.3 is 0 Å². The van der Waals surface area contributed by atoms with E-state index >= 15 is 0 Å². The summed E-state index contributed by atoms with van der Waals surface area (Å²) >= 11 is 6.78. The third-order valence-corrected chi connectivity index (χ3v) is 3.74. The van der Waals surface area contributed by atoms with E-state index in [-0.39, 0.29) is 5.91 Å². The normalized spacial score (nSPS) is 10.3. The first kappa shape index (κ1) is 15.1. The van der Waals surface area contributed by atoms with E-state index < -0.39 is 0 Å². The summed E-state index contributed by atoms with van der Waals surface area (Å²) in [7, 11) is 1.78. The van der Waals surface area contributed by atoms with E-state index in [2.05, 4.69) is 31.9 Å². The van der Waals surface area contributed by atoms with E-state index in [0.717, 1.165) is 14.5 Å². The fourth-order valence-electron chi connectivity index (χ4n) is 1.93. The lowest BCUT2D eigenvalue weighted by atomic mass is 10.1. The van der Waals surface area contributed by atoms with Crippen molar-refractivity contribution in [2.45, 2.75) is 6.54 Å². The molecule has 0 atom stereocenters. The van der Waals surface area contributed by atoms with Crippen LogP contribution in [0, 0.1) is 0 Å². The fraction of sp³-hybridized carbons (Fsp3) is 0.133. The van der Waals surface area contributed by atoms with Crippen LogP contribution in [0.3, 0.4) is 0 Å². The van der Waals surface area contributed by atoms with E-state index in [1.807, 2.05) is 42.5 Å². The van der Waals surface area contributed by atoms with Crippen molar-refractivity contribution in [3.05, 3.63) is 62.5 Å². The Kier molecular flexibility index (Phi) is 4.83. The number of anilines is 1. The van der Waals surface area contributed by atoms with Gasteiger partial charge in [-0.3, -0.25) is 4.79 Å². The van der Waals surface area contributed by atoms with Gasteiger partial charge in [0.05, 0.1) is 0 Å². The van der Waals surface area contributed by atoms with E-state index in [9.17, 15) is 4.79 Å². The van der Waals surface area contributed by atoms with E-state index in [1.54, 1.807) is 11.9 Å². The number of nitrogens with two attached hydrogens (primary N) is 1. The van der Waals surface area contributed by atoms with Crippen molar-refractivity contribution >= 4 is 43.5 Å². The summed E-state index contributed by atoms with van der Waals surface area (Å²) < 4.78 is 1.74. The molecule has 0 aliphatic rings. The van der Waals surface area contributed by atoms with Gasteiger partial charge in [-0.1, -0.05) is 44.0 Å². The first-order chi connectivity index (χ1) is 9.45. The van der Waals surface area contributed by atoms with Gasteiger partial charge in [-0.15, -0.1) is 0 Å². The molecular formula is C15H14Br2N2O. The van der Waals surface area contributed by atoms with Crippen molar-refractivity contribution in [1.82, 2.24) is 4.90 Å². The zero-order valence-corrected chi connectivity index (χ0v) is 14.1. The number of hydrogen-bond donors (Lipinski definition) is 1. The second-order valence-electron chi connectivity index (χ2n) is 4.56. The van der Waals surface area contributed by atoms with Crippen molar-refractivity contribution in [2.75, 3.05) is 12.8 Å². The molecule has 2 N–H and O–H groups in total. The Morgan fingerprint density at radius 2 is 1.80 bits per heavy atom. The average Bonchev–Trinajstić information content (AvgIpc) is 2.36. The molecule has 0 radical (unpaired) electrons. The number of halogens is 2. The average molecular weight is 398 g/mol. The highest BCUT2D eigenvalue weighted by molar-refractivity contribution is 9.11. The highest BCUT2D eigenvalue weighted by Crippen LogP contribution is 2.21. The molecule has 0 saturated carbocycles. The maximum Gasteiger partial charge on any atom is 0.253 e. The van der Waals surface area contributed by atoms with Gasteiger partial charge in [0.1, 0.15) is 0 Å². The zero-order chi connectivity index (χ0) is 14.7. The molecule has 5 heteroatoms. The summed E-state index contributed by atoms with van der Waals surface area (Å²) in [5, 5.41) is 0. The number of carbonyl (C=O) groups is 1. The Bertz CT molecular complexity index is 623. The van der Waals surface area contributed by atoms with Gasteiger partial charge in [-0.25, -0.2) is 0 Å². The first-order valence-corrected chi connectivity index (χ1v) is 7.60. The van der Waals surface area contributed by atoms with Gasteiger partial charge in [-0.2, -0.15) is 0 Å². The minimum Gasteiger partial charge on any atom is -0.399 e. The van der Waals surface area contributed by atoms with Crippen LogP contribution in [0.5, 0.6) is 0 Å². The molecule has 20 heavy (non-hydrogen) atoms. The lowest BCUT2D eigenvalue weighted by Gasteiger charge is -2.18. The SMILES string of the molecule is CN(Cc1cccc(N)c1)C(=O)c1cc(Br)cc(Br)c1. The summed E-state index contributed by atoms with van der Waals surface area (Å²) in [6.45, 7) is 0.522. The van der Waals surface area contributed by atoms with Crippen LogP contribution in [0.25, 0.3) is 0 Å². The summed E-state index contributed by atoms with van der Waals surface area (Å²) in [5.41, 5.74) is 8.09. The van der Waals surface area contributed by atoms with Crippen LogP contribution in [0.1, 0.15) is 15.9 Å². The summed E-state index contributed by atoms with van der Waals surface area (Å²) in [4.78, 5) is 14.1. The van der Waals surface area contributed by atoms with Crippen LogP contribution in [0.4, 0.5) is 5.69 Å². The van der Waals surface area contributed by atoms with Crippen molar-refractivity contribution in [3.8, 4) is 0 Å². The molecule has 3 nitrogen and oxygen atoms in total. The standard InChI is InChI=1S/C15H14Br2N2O/c1-19(9-10-3-2-4-14(18)5-10)15(20)11-6-12(16)8-13(17)7-11/h2-8H,9,18H2,1H3. The smallest absolute Gasteiger partial charge is 0.253 e. The monoisotopic (exact) mass is 396 g/mol. The molecule has 0 spiro atoms. The van der Waals surface area contributed by atoms with E-state index in [0.29, 0.717) is 17.8 Å². The molecule has 0 saturated heterocycles. The summed E-state index contributed by atoms with van der Waals surface area (Å²) in [6.07, 6.45) is 0. The number of rotatable bonds is 3. The second-order valence-corrected chi connectivity index (χ2v) is 6.40. The van der Waals surface area contributed by atoms with Gasteiger partial charge < -0.3 is 10.6 Å². The molecule has 0 fully saturated rings. The predicted octanol–water partition coefficient (Wildman–Crippen LogP) is 4.07. The number of hydrogen-bond acceptors (Lipinski definition) is 2. The number of benzene rings is 2.